The monoisotopic (exact) mass is 318 g/mol. The van der Waals surface area contributed by atoms with Gasteiger partial charge in [-0.3, -0.25) is 14.4 Å². The van der Waals surface area contributed by atoms with Gasteiger partial charge >= 0.3 is 0 Å². The molecular weight excluding hydrogens is 304 g/mol. The molecule has 0 unspecified atom stereocenters. The lowest BCUT2D eigenvalue weighted by atomic mass is 10.1. The number of sulfonamides is 1. The first-order valence-electron chi connectivity index (χ1n) is 6.71. The summed E-state index contributed by atoms with van der Waals surface area (Å²) in [5.41, 5.74) is 2.26. The van der Waals surface area contributed by atoms with E-state index in [4.69, 9.17) is 0 Å². The quantitative estimate of drug-likeness (QED) is 0.644. The van der Waals surface area contributed by atoms with Crippen molar-refractivity contribution < 1.29 is 13.3 Å². The van der Waals surface area contributed by atoms with E-state index in [9.17, 15) is 18.5 Å². The summed E-state index contributed by atoms with van der Waals surface area (Å²) in [5, 5.41) is 11.1. The van der Waals surface area contributed by atoms with E-state index in [2.05, 4.69) is 0 Å². The summed E-state index contributed by atoms with van der Waals surface area (Å²) in [6.45, 7) is 1.79. The number of fused-ring (bicyclic) bond motifs is 1. The van der Waals surface area contributed by atoms with Crippen LogP contribution in [0.4, 0.5) is 11.4 Å². The average molecular weight is 318 g/mol. The Labute approximate surface area is 128 Å². The second-order valence-corrected chi connectivity index (χ2v) is 7.17. The molecule has 0 saturated carbocycles. The Morgan fingerprint density at radius 1 is 1.23 bits per heavy atom. The van der Waals surface area contributed by atoms with Gasteiger partial charge in [0.1, 0.15) is 0 Å². The zero-order chi connectivity index (χ0) is 15.9. The van der Waals surface area contributed by atoms with Crippen LogP contribution in [0.25, 0.3) is 0 Å². The molecule has 0 bridgehead atoms. The molecule has 114 valence electrons. The minimum Gasteiger partial charge on any atom is -0.265 e. The van der Waals surface area contributed by atoms with Crippen LogP contribution in [0, 0.1) is 17.0 Å². The first-order chi connectivity index (χ1) is 10.4. The van der Waals surface area contributed by atoms with Crippen molar-refractivity contribution in [1.82, 2.24) is 0 Å². The molecule has 6 nitrogen and oxygen atoms in total. The minimum absolute atomic E-state index is 0.0612. The highest BCUT2D eigenvalue weighted by Crippen LogP contribution is 2.38. The second-order valence-electron chi connectivity index (χ2n) is 5.27. The van der Waals surface area contributed by atoms with Gasteiger partial charge in [0, 0.05) is 11.6 Å². The maximum absolute atomic E-state index is 12.4. The van der Waals surface area contributed by atoms with Crippen LogP contribution >= 0.6 is 0 Å². The summed E-state index contributed by atoms with van der Waals surface area (Å²) in [5.74, 6) is -0.117. The lowest BCUT2D eigenvalue weighted by Crippen LogP contribution is -2.26. The van der Waals surface area contributed by atoms with Gasteiger partial charge in [-0.1, -0.05) is 30.3 Å². The van der Waals surface area contributed by atoms with Crippen LogP contribution in [0.15, 0.2) is 42.5 Å². The second kappa shape index (κ2) is 5.10. The number of aryl methyl sites for hydroxylation is 1. The molecule has 0 N–H and O–H groups in total. The van der Waals surface area contributed by atoms with Crippen LogP contribution in [0.3, 0.4) is 0 Å². The Balaban J connectivity index is 2.08. The molecule has 3 rings (SSSR count). The number of anilines is 1. The summed E-state index contributed by atoms with van der Waals surface area (Å²) in [6.07, 6.45) is 0. The lowest BCUT2D eigenvalue weighted by Gasteiger charge is -2.18. The minimum atomic E-state index is -3.49. The fraction of sp³-hybridized carbons (Fsp3) is 0.200. The van der Waals surface area contributed by atoms with Crippen molar-refractivity contribution in [1.29, 1.82) is 0 Å². The highest BCUT2D eigenvalue weighted by molar-refractivity contribution is 7.92. The first-order valence-corrected chi connectivity index (χ1v) is 8.31. The van der Waals surface area contributed by atoms with Crippen LogP contribution < -0.4 is 4.31 Å². The summed E-state index contributed by atoms with van der Waals surface area (Å²) >= 11 is 0. The molecular formula is C15H14N2O4S. The molecule has 0 fully saturated rings. The Bertz CT molecular complexity index is 847. The van der Waals surface area contributed by atoms with E-state index in [1.807, 2.05) is 30.3 Å². The van der Waals surface area contributed by atoms with Crippen LogP contribution in [0.1, 0.15) is 16.7 Å². The van der Waals surface area contributed by atoms with Crippen LogP contribution in [-0.4, -0.2) is 13.3 Å². The third-order valence-corrected chi connectivity index (χ3v) is 5.38. The van der Waals surface area contributed by atoms with Crippen molar-refractivity contribution >= 4 is 21.4 Å². The van der Waals surface area contributed by atoms with Gasteiger partial charge in [0.2, 0.25) is 10.0 Å². The third kappa shape index (κ3) is 2.43. The maximum Gasteiger partial charge on any atom is 0.274 e. The van der Waals surface area contributed by atoms with Gasteiger partial charge in [0.15, 0.2) is 0 Å². The van der Waals surface area contributed by atoms with Crippen molar-refractivity contribution in [3.05, 3.63) is 69.3 Å². The fourth-order valence-electron chi connectivity index (χ4n) is 2.65. The topological polar surface area (TPSA) is 80.5 Å². The fourth-order valence-corrected chi connectivity index (χ4v) is 4.24. The number of nitro benzene ring substituents is 1. The molecule has 0 aromatic heterocycles. The first kappa shape index (κ1) is 14.5. The lowest BCUT2D eigenvalue weighted by molar-refractivity contribution is -0.385. The molecule has 0 saturated heterocycles. The molecule has 1 heterocycles. The molecule has 0 atom stereocenters. The molecule has 1 aliphatic rings. The molecule has 1 aliphatic heterocycles. The Hall–Kier alpha value is -2.41. The maximum atomic E-state index is 12.4. The van der Waals surface area contributed by atoms with E-state index < -0.39 is 14.9 Å². The summed E-state index contributed by atoms with van der Waals surface area (Å²) in [7, 11) is -3.49. The van der Waals surface area contributed by atoms with Gasteiger partial charge in [0.25, 0.3) is 5.69 Å². The number of nitro groups is 1. The number of rotatable bonds is 3. The summed E-state index contributed by atoms with van der Waals surface area (Å²) in [6, 6.07) is 12.1. The number of hydrogen-bond acceptors (Lipinski definition) is 4. The zero-order valence-corrected chi connectivity index (χ0v) is 12.7. The van der Waals surface area contributed by atoms with Crippen molar-refractivity contribution in [3.8, 4) is 0 Å². The molecule has 2 aromatic carbocycles. The molecule has 0 amide bonds. The van der Waals surface area contributed by atoms with Crippen molar-refractivity contribution in [2.75, 3.05) is 4.31 Å². The van der Waals surface area contributed by atoms with Crippen molar-refractivity contribution in [2.24, 2.45) is 0 Å². The van der Waals surface area contributed by atoms with Crippen molar-refractivity contribution in [3.63, 3.8) is 0 Å². The Morgan fingerprint density at radius 2 is 1.91 bits per heavy atom. The molecule has 0 aliphatic carbocycles. The average Bonchev–Trinajstić information content (AvgIpc) is 2.69. The van der Waals surface area contributed by atoms with Crippen LogP contribution in [0.2, 0.25) is 0 Å². The standard InChI is InChI=1S/C15H14N2O4S/c1-11-7-13-10-22(20,21)16(9-12-5-3-2-4-6-12)15(13)8-14(11)17(18)19/h2-8H,9-10H2,1H3. The van der Waals surface area contributed by atoms with E-state index in [-0.39, 0.29) is 18.0 Å². The van der Waals surface area contributed by atoms with E-state index >= 15 is 0 Å². The van der Waals surface area contributed by atoms with Crippen LogP contribution in [0.5, 0.6) is 0 Å². The largest absolute Gasteiger partial charge is 0.274 e. The van der Waals surface area contributed by atoms with Gasteiger partial charge in [-0.2, -0.15) is 0 Å². The molecule has 22 heavy (non-hydrogen) atoms. The highest BCUT2D eigenvalue weighted by Gasteiger charge is 2.35. The van der Waals surface area contributed by atoms with E-state index in [0.29, 0.717) is 16.8 Å². The highest BCUT2D eigenvalue weighted by atomic mass is 32.2. The molecule has 0 radical (unpaired) electrons. The predicted octanol–water partition coefficient (Wildman–Crippen LogP) is 2.75. The molecule has 2 aromatic rings. The third-order valence-electron chi connectivity index (χ3n) is 3.71. The van der Waals surface area contributed by atoms with E-state index in [1.54, 1.807) is 13.0 Å². The number of benzene rings is 2. The molecule has 7 heteroatoms. The predicted molar refractivity (Wildman–Crippen MR) is 83.1 cm³/mol. The summed E-state index contributed by atoms with van der Waals surface area (Å²) in [4.78, 5) is 10.6. The van der Waals surface area contributed by atoms with E-state index in [1.165, 1.54) is 10.4 Å². The Morgan fingerprint density at radius 3 is 2.55 bits per heavy atom. The normalized spacial score (nSPS) is 15.6. The van der Waals surface area contributed by atoms with Crippen LogP contribution in [-0.2, 0) is 22.3 Å². The van der Waals surface area contributed by atoms with Gasteiger partial charge < -0.3 is 0 Å². The summed E-state index contributed by atoms with van der Waals surface area (Å²) < 4.78 is 26.0. The SMILES string of the molecule is Cc1cc2c(cc1[N+](=O)[O-])N(Cc1ccccc1)S(=O)(=O)C2. The smallest absolute Gasteiger partial charge is 0.265 e. The van der Waals surface area contributed by atoms with Crippen molar-refractivity contribution in [2.45, 2.75) is 19.2 Å². The van der Waals surface area contributed by atoms with Gasteiger partial charge in [-0.05, 0) is 24.1 Å². The Kier molecular flexibility index (Phi) is 3.37. The number of hydrogen-bond donors (Lipinski definition) is 0. The number of nitrogens with zero attached hydrogens (tertiary/aromatic N) is 2. The van der Waals surface area contributed by atoms with Gasteiger partial charge in [-0.25, -0.2) is 8.42 Å². The van der Waals surface area contributed by atoms with Gasteiger partial charge in [0.05, 0.1) is 22.9 Å². The van der Waals surface area contributed by atoms with E-state index in [0.717, 1.165) is 5.56 Å². The molecule has 0 spiro atoms. The van der Waals surface area contributed by atoms with Gasteiger partial charge in [-0.15, -0.1) is 0 Å². The zero-order valence-electron chi connectivity index (χ0n) is 11.9.